The molecule has 1 N–H and O–H groups in total. The third-order valence-electron chi connectivity index (χ3n) is 2.84. The highest BCUT2D eigenvalue weighted by Gasteiger charge is 2.11. The standard InChI is InChI=1S/C16H26O3/c1-4-7-14(17)13-8-9-15(18-10-5-2)16(12-13)19-11-6-3/h8-9,12,14,17H,4-7,10-11H2,1-3H3. The molecule has 0 amide bonds. The van der Waals surface area contributed by atoms with Crippen molar-refractivity contribution in [3.63, 3.8) is 0 Å². The zero-order chi connectivity index (χ0) is 14.1. The van der Waals surface area contributed by atoms with Crippen molar-refractivity contribution in [1.82, 2.24) is 0 Å². The quantitative estimate of drug-likeness (QED) is 0.731. The summed E-state index contributed by atoms with van der Waals surface area (Å²) in [7, 11) is 0. The summed E-state index contributed by atoms with van der Waals surface area (Å²) in [6.07, 6.45) is 3.22. The Morgan fingerprint density at radius 2 is 1.58 bits per heavy atom. The zero-order valence-corrected chi connectivity index (χ0v) is 12.3. The van der Waals surface area contributed by atoms with E-state index in [0.717, 1.165) is 42.7 Å². The lowest BCUT2D eigenvalue weighted by Crippen LogP contribution is -2.03. The van der Waals surface area contributed by atoms with Gasteiger partial charge in [-0.2, -0.15) is 0 Å². The second-order valence-electron chi connectivity index (χ2n) is 4.71. The highest BCUT2D eigenvalue weighted by molar-refractivity contribution is 5.43. The van der Waals surface area contributed by atoms with Crippen LogP contribution >= 0.6 is 0 Å². The maximum Gasteiger partial charge on any atom is 0.161 e. The number of aliphatic hydroxyl groups excluding tert-OH is 1. The minimum Gasteiger partial charge on any atom is -0.490 e. The normalized spacial score (nSPS) is 12.2. The van der Waals surface area contributed by atoms with Crippen LogP contribution in [0.5, 0.6) is 11.5 Å². The Hall–Kier alpha value is -1.22. The molecule has 3 nitrogen and oxygen atoms in total. The fourth-order valence-electron chi connectivity index (χ4n) is 1.83. The van der Waals surface area contributed by atoms with Crippen LogP contribution in [0.1, 0.15) is 58.1 Å². The first kappa shape index (κ1) is 15.8. The number of ether oxygens (including phenoxy) is 2. The molecule has 0 aromatic heterocycles. The highest BCUT2D eigenvalue weighted by atomic mass is 16.5. The predicted molar refractivity (Wildman–Crippen MR) is 77.9 cm³/mol. The Balaban J connectivity index is 2.86. The minimum atomic E-state index is -0.422. The molecule has 0 radical (unpaired) electrons. The first-order valence-corrected chi connectivity index (χ1v) is 7.30. The van der Waals surface area contributed by atoms with Crippen molar-refractivity contribution in [2.24, 2.45) is 0 Å². The molecule has 1 rings (SSSR count). The fourth-order valence-corrected chi connectivity index (χ4v) is 1.83. The molecule has 0 saturated heterocycles. The van der Waals surface area contributed by atoms with Crippen molar-refractivity contribution < 1.29 is 14.6 Å². The lowest BCUT2D eigenvalue weighted by molar-refractivity contribution is 0.165. The van der Waals surface area contributed by atoms with Gasteiger partial charge >= 0.3 is 0 Å². The Kier molecular flexibility index (Phi) is 7.34. The molecule has 19 heavy (non-hydrogen) atoms. The summed E-state index contributed by atoms with van der Waals surface area (Å²) in [5.74, 6) is 1.51. The van der Waals surface area contributed by atoms with Crippen LogP contribution in [-0.2, 0) is 0 Å². The molecule has 1 aromatic carbocycles. The lowest BCUT2D eigenvalue weighted by atomic mass is 10.0. The fraction of sp³-hybridized carbons (Fsp3) is 0.625. The second kappa shape index (κ2) is 8.81. The molecule has 1 unspecified atom stereocenters. The molecule has 0 spiro atoms. The maximum absolute atomic E-state index is 10.0. The molecule has 0 aliphatic heterocycles. The number of aliphatic hydroxyl groups is 1. The van der Waals surface area contributed by atoms with Crippen LogP contribution in [0.3, 0.4) is 0 Å². The third-order valence-corrected chi connectivity index (χ3v) is 2.84. The SMILES string of the molecule is CCCOc1ccc(C(O)CCC)cc1OCCC. The van der Waals surface area contributed by atoms with Gasteiger partial charge in [-0.1, -0.05) is 33.3 Å². The molecule has 0 aliphatic carbocycles. The molecule has 0 aliphatic rings. The maximum atomic E-state index is 10.0. The number of benzene rings is 1. The molecular weight excluding hydrogens is 240 g/mol. The van der Waals surface area contributed by atoms with E-state index in [4.69, 9.17) is 9.47 Å². The summed E-state index contributed by atoms with van der Waals surface area (Å²) in [4.78, 5) is 0. The summed E-state index contributed by atoms with van der Waals surface area (Å²) in [6, 6.07) is 5.72. The average Bonchev–Trinajstić information content (AvgIpc) is 2.43. The van der Waals surface area contributed by atoms with Crippen molar-refractivity contribution in [1.29, 1.82) is 0 Å². The van der Waals surface area contributed by atoms with E-state index in [9.17, 15) is 5.11 Å². The van der Waals surface area contributed by atoms with E-state index in [1.807, 2.05) is 18.2 Å². The second-order valence-corrected chi connectivity index (χ2v) is 4.71. The van der Waals surface area contributed by atoms with Gasteiger partial charge in [0.15, 0.2) is 11.5 Å². The van der Waals surface area contributed by atoms with E-state index in [1.165, 1.54) is 0 Å². The van der Waals surface area contributed by atoms with Crippen LogP contribution in [0.15, 0.2) is 18.2 Å². The summed E-state index contributed by atoms with van der Waals surface area (Å²) in [6.45, 7) is 7.56. The van der Waals surface area contributed by atoms with Gasteiger partial charge in [-0.15, -0.1) is 0 Å². The molecule has 3 heteroatoms. The van der Waals surface area contributed by atoms with Crippen LogP contribution in [0, 0.1) is 0 Å². The molecule has 108 valence electrons. The van der Waals surface area contributed by atoms with Crippen LogP contribution < -0.4 is 9.47 Å². The molecule has 0 saturated carbocycles. The first-order valence-electron chi connectivity index (χ1n) is 7.30. The molecular formula is C16H26O3. The van der Waals surface area contributed by atoms with Gasteiger partial charge in [0.05, 0.1) is 19.3 Å². The van der Waals surface area contributed by atoms with Crippen LogP contribution in [0.2, 0.25) is 0 Å². The van der Waals surface area contributed by atoms with Gasteiger partial charge in [-0.05, 0) is 37.0 Å². The van der Waals surface area contributed by atoms with Gasteiger partial charge in [-0.25, -0.2) is 0 Å². The van der Waals surface area contributed by atoms with Gasteiger partial charge in [0, 0.05) is 0 Å². The van der Waals surface area contributed by atoms with Gasteiger partial charge in [0.2, 0.25) is 0 Å². The van der Waals surface area contributed by atoms with Crippen molar-refractivity contribution in [3.8, 4) is 11.5 Å². The van der Waals surface area contributed by atoms with Crippen molar-refractivity contribution in [3.05, 3.63) is 23.8 Å². The smallest absolute Gasteiger partial charge is 0.161 e. The molecule has 0 fully saturated rings. The van der Waals surface area contributed by atoms with Crippen LogP contribution in [0.25, 0.3) is 0 Å². The van der Waals surface area contributed by atoms with E-state index in [2.05, 4.69) is 20.8 Å². The number of rotatable bonds is 9. The van der Waals surface area contributed by atoms with E-state index in [-0.39, 0.29) is 0 Å². The summed E-state index contributed by atoms with van der Waals surface area (Å²) >= 11 is 0. The Morgan fingerprint density at radius 1 is 0.947 bits per heavy atom. The number of hydrogen-bond acceptors (Lipinski definition) is 3. The van der Waals surface area contributed by atoms with Crippen molar-refractivity contribution in [2.45, 2.75) is 52.6 Å². The summed E-state index contributed by atoms with van der Waals surface area (Å²) < 4.78 is 11.4. The predicted octanol–water partition coefficient (Wildman–Crippen LogP) is 4.10. The van der Waals surface area contributed by atoms with Crippen LogP contribution in [0.4, 0.5) is 0 Å². The monoisotopic (exact) mass is 266 g/mol. The van der Waals surface area contributed by atoms with E-state index < -0.39 is 6.10 Å². The van der Waals surface area contributed by atoms with Crippen molar-refractivity contribution >= 4 is 0 Å². The van der Waals surface area contributed by atoms with Crippen molar-refractivity contribution in [2.75, 3.05) is 13.2 Å². The molecule has 1 aromatic rings. The topological polar surface area (TPSA) is 38.7 Å². The van der Waals surface area contributed by atoms with Gasteiger partial charge in [-0.3, -0.25) is 0 Å². The Labute approximate surface area is 116 Å². The first-order chi connectivity index (χ1) is 9.22. The molecule has 0 bridgehead atoms. The van der Waals surface area contributed by atoms with Gasteiger partial charge < -0.3 is 14.6 Å². The van der Waals surface area contributed by atoms with E-state index in [1.54, 1.807) is 0 Å². The summed E-state index contributed by atoms with van der Waals surface area (Å²) in [5, 5.41) is 10.0. The van der Waals surface area contributed by atoms with Gasteiger partial charge in [0.1, 0.15) is 0 Å². The number of hydrogen-bond donors (Lipinski definition) is 1. The Morgan fingerprint density at radius 3 is 2.16 bits per heavy atom. The zero-order valence-electron chi connectivity index (χ0n) is 12.3. The molecule has 1 atom stereocenters. The Bertz CT molecular complexity index is 363. The van der Waals surface area contributed by atoms with E-state index >= 15 is 0 Å². The largest absolute Gasteiger partial charge is 0.490 e. The highest BCUT2D eigenvalue weighted by Crippen LogP contribution is 2.32. The summed E-state index contributed by atoms with van der Waals surface area (Å²) in [5.41, 5.74) is 0.900. The van der Waals surface area contributed by atoms with Gasteiger partial charge in [0.25, 0.3) is 0 Å². The minimum absolute atomic E-state index is 0.422. The lowest BCUT2D eigenvalue weighted by Gasteiger charge is -2.16. The molecule has 0 heterocycles. The van der Waals surface area contributed by atoms with Crippen LogP contribution in [-0.4, -0.2) is 18.3 Å². The third kappa shape index (κ3) is 5.11. The van der Waals surface area contributed by atoms with E-state index in [0.29, 0.717) is 13.2 Å². The average molecular weight is 266 g/mol.